The minimum Gasteiger partial charge on any atom is -0.471 e. The van der Waals surface area contributed by atoms with Crippen LogP contribution in [0, 0.1) is 0 Å². The second kappa shape index (κ2) is 7.78. The molecule has 0 radical (unpaired) electrons. The van der Waals surface area contributed by atoms with Gasteiger partial charge in [-0.1, -0.05) is 40.9 Å². The van der Waals surface area contributed by atoms with E-state index in [0.717, 1.165) is 0 Å². The number of para-hydroxylation sites is 1. The quantitative estimate of drug-likeness (QED) is 0.650. The molecule has 2 aromatic carbocycles. The van der Waals surface area contributed by atoms with E-state index in [2.05, 4.69) is 10.4 Å². The van der Waals surface area contributed by atoms with Crippen molar-refractivity contribution in [1.82, 2.24) is 9.78 Å². The number of carbonyl (C=O) groups is 1. The van der Waals surface area contributed by atoms with Crippen LogP contribution in [0.1, 0.15) is 10.5 Å². The number of nitrogens with one attached hydrogen (secondary N) is 1. The highest BCUT2D eigenvalue weighted by Gasteiger charge is 2.14. The van der Waals surface area contributed by atoms with Gasteiger partial charge in [0.1, 0.15) is 5.75 Å². The van der Waals surface area contributed by atoms with Gasteiger partial charge in [0.05, 0.1) is 15.7 Å². The molecular formula is C17H12Cl3N3O2. The summed E-state index contributed by atoms with van der Waals surface area (Å²) in [5.74, 6) is 0.231. The summed E-state index contributed by atoms with van der Waals surface area (Å²) in [5, 5.41) is 8.15. The van der Waals surface area contributed by atoms with Crippen molar-refractivity contribution in [2.45, 2.75) is 6.73 Å². The summed E-state index contributed by atoms with van der Waals surface area (Å²) in [6, 6.07) is 13.5. The highest BCUT2D eigenvalue weighted by Crippen LogP contribution is 2.30. The fourth-order valence-corrected chi connectivity index (χ4v) is 2.64. The predicted molar refractivity (Wildman–Crippen MR) is 98.7 cm³/mol. The lowest BCUT2D eigenvalue weighted by molar-refractivity contribution is 0.102. The molecule has 1 N–H and O–H groups in total. The van der Waals surface area contributed by atoms with Crippen molar-refractivity contribution in [2.75, 3.05) is 5.32 Å². The van der Waals surface area contributed by atoms with E-state index in [-0.39, 0.29) is 12.4 Å². The number of anilines is 1. The number of hydrogen-bond donors (Lipinski definition) is 1. The Morgan fingerprint density at radius 1 is 1.04 bits per heavy atom. The Morgan fingerprint density at radius 3 is 2.40 bits per heavy atom. The molecule has 1 heterocycles. The Morgan fingerprint density at radius 2 is 1.72 bits per heavy atom. The van der Waals surface area contributed by atoms with Gasteiger partial charge in [-0.2, -0.15) is 5.10 Å². The van der Waals surface area contributed by atoms with E-state index in [1.54, 1.807) is 54.7 Å². The molecule has 0 saturated carbocycles. The van der Waals surface area contributed by atoms with Crippen LogP contribution in [0.15, 0.2) is 54.7 Å². The molecular weight excluding hydrogens is 385 g/mol. The van der Waals surface area contributed by atoms with Crippen LogP contribution in [0.5, 0.6) is 5.75 Å². The van der Waals surface area contributed by atoms with E-state index in [9.17, 15) is 4.79 Å². The molecule has 0 unspecified atom stereocenters. The van der Waals surface area contributed by atoms with Gasteiger partial charge in [0, 0.05) is 11.2 Å². The molecule has 1 amide bonds. The van der Waals surface area contributed by atoms with E-state index in [1.165, 1.54) is 4.68 Å². The maximum Gasteiger partial charge on any atom is 0.276 e. The molecule has 0 aliphatic carbocycles. The zero-order chi connectivity index (χ0) is 17.8. The van der Waals surface area contributed by atoms with Gasteiger partial charge in [-0.05, 0) is 42.5 Å². The van der Waals surface area contributed by atoms with Crippen molar-refractivity contribution < 1.29 is 9.53 Å². The lowest BCUT2D eigenvalue weighted by Crippen LogP contribution is -2.14. The molecule has 3 rings (SSSR count). The van der Waals surface area contributed by atoms with Gasteiger partial charge in [-0.3, -0.25) is 4.79 Å². The smallest absolute Gasteiger partial charge is 0.276 e. The van der Waals surface area contributed by atoms with Gasteiger partial charge in [0.25, 0.3) is 5.91 Å². The summed E-state index contributed by atoms with van der Waals surface area (Å²) in [7, 11) is 0. The first-order valence-corrected chi connectivity index (χ1v) is 8.33. The number of nitrogens with zero attached hydrogens (tertiary/aromatic N) is 2. The van der Waals surface area contributed by atoms with Crippen LogP contribution in [0.2, 0.25) is 15.1 Å². The average molecular weight is 397 g/mol. The fourth-order valence-electron chi connectivity index (χ4n) is 2.02. The van der Waals surface area contributed by atoms with Crippen LogP contribution in [0.3, 0.4) is 0 Å². The maximum atomic E-state index is 12.3. The first-order valence-electron chi connectivity index (χ1n) is 7.20. The van der Waals surface area contributed by atoms with E-state index in [4.69, 9.17) is 39.5 Å². The highest BCUT2D eigenvalue weighted by atomic mass is 35.5. The Labute approximate surface area is 159 Å². The first-order chi connectivity index (χ1) is 12.0. The van der Waals surface area contributed by atoms with Gasteiger partial charge in [0.2, 0.25) is 0 Å². The van der Waals surface area contributed by atoms with Crippen molar-refractivity contribution in [1.29, 1.82) is 0 Å². The number of rotatable bonds is 5. The molecule has 5 nitrogen and oxygen atoms in total. The van der Waals surface area contributed by atoms with Gasteiger partial charge in [-0.15, -0.1) is 0 Å². The number of amides is 1. The summed E-state index contributed by atoms with van der Waals surface area (Å²) >= 11 is 17.9. The topological polar surface area (TPSA) is 56.2 Å². The van der Waals surface area contributed by atoms with Crippen molar-refractivity contribution in [3.63, 3.8) is 0 Å². The van der Waals surface area contributed by atoms with E-state index >= 15 is 0 Å². The first kappa shape index (κ1) is 17.6. The Hall–Kier alpha value is -2.21. The number of carbonyl (C=O) groups excluding carboxylic acids is 1. The number of benzene rings is 2. The SMILES string of the molecule is O=C(Nc1c(Cl)cccc1Cl)c1ccn(COc2ccc(Cl)cc2)n1. The van der Waals surface area contributed by atoms with Gasteiger partial charge in [0.15, 0.2) is 12.4 Å². The standard InChI is InChI=1S/C17H12Cl3N3O2/c18-11-4-6-12(7-5-11)25-10-23-9-8-15(22-23)17(24)21-16-13(19)2-1-3-14(16)20/h1-9H,10H2,(H,21,24). The normalized spacial score (nSPS) is 10.5. The van der Waals surface area contributed by atoms with Crippen LogP contribution in [-0.2, 0) is 6.73 Å². The zero-order valence-electron chi connectivity index (χ0n) is 12.7. The average Bonchev–Trinajstić information content (AvgIpc) is 3.07. The largest absolute Gasteiger partial charge is 0.471 e. The van der Waals surface area contributed by atoms with Gasteiger partial charge < -0.3 is 10.1 Å². The monoisotopic (exact) mass is 395 g/mol. The summed E-state index contributed by atoms with van der Waals surface area (Å²) < 4.78 is 7.06. The molecule has 0 spiro atoms. The van der Waals surface area contributed by atoms with Crippen molar-refractivity contribution in [3.05, 3.63) is 75.5 Å². The summed E-state index contributed by atoms with van der Waals surface area (Å²) in [6.45, 7) is 0.155. The van der Waals surface area contributed by atoms with Gasteiger partial charge >= 0.3 is 0 Å². The molecule has 0 aliphatic rings. The number of aromatic nitrogens is 2. The molecule has 128 valence electrons. The predicted octanol–water partition coefficient (Wildman–Crippen LogP) is 5.13. The van der Waals surface area contributed by atoms with Gasteiger partial charge in [-0.25, -0.2) is 4.68 Å². The zero-order valence-corrected chi connectivity index (χ0v) is 15.0. The second-order valence-electron chi connectivity index (χ2n) is 5.02. The van der Waals surface area contributed by atoms with Crippen molar-refractivity contribution in [2.24, 2.45) is 0 Å². The molecule has 0 atom stereocenters. The minimum absolute atomic E-state index is 0.155. The molecule has 0 bridgehead atoms. The lowest BCUT2D eigenvalue weighted by Gasteiger charge is -2.08. The summed E-state index contributed by atoms with van der Waals surface area (Å²) in [5.41, 5.74) is 0.568. The van der Waals surface area contributed by atoms with Crippen LogP contribution in [0.4, 0.5) is 5.69 Å². The summed E-state index contributed by atoms with van der Waals surface area (Å²) in [4.78, 5) is 12.3. The molecule has 0 fully saturated rings. The Balaban J connectivity index is 1.64. The fraction of sp³-hybridized carbons (Fsp3) is 0.0588. The van der Waals surface area contributed by atoms with Crippen molar-refractivity contribution >= 4 is 46.4 Å². The lowest BCUT2D eigenvalue weighted by atomic mass is 10.3. The number of halogens is 3. The van der Waals surface area contributed by atoms with E-state index < -0.39 is 5.91 Å². The minimum atomic E-state index is -0.416. The number of ether oxygens (including phenoxy) is 1. The van der Waals surface area contributed by atoms with Crippen LogP contribution >= 0.6 is 34.8 Å². The van der Waals surface area contributed by atoms with Crippen LogP contribution in [-0.4, -0.2) is 15.7 Å². The Bertz CT molecular complexity index is 874. The third-order valence-electron chi connectivity index (χ3n) is 3.25. The van der Waals surface area contributed by atoms with E-state index in [1.807, 2.05) is 0 Å². The third kappa shape index (κ3) is 4.45. The summed E-state index contributed by atoms with van der Waals surface area (Å²) in [6.07, 6.45) is 1.64. The molecule has 1 aromatic heterocycles. The van der Waals surface area contributed by atoms with Crippen LogP contribution in [0.25, 0.3) is 0 Å². The second-order valence-corrected chi connectivity index (χ2v) is 6.27. The molecule has 0 saturated heterocycles. The molecule has 0 aliphatic heterocycles. The maximum absolute atomic E-state index is 12.3. The molecule has 25 heavy (non-hydrogen) atoms. The van der Waals surface area contributed by atoms with Crippen LogP contribution < -0.4 is 10.1 Å². The Kier molecular flexibility index (Phi) is 5.48. The third-order valence-corrected chi connectivity index (χ3v) is 4.13. The number of hydrogen-bond acceptors (Lipinski definition) is 3. The van der Waals surface area contributed by atoms with E-state index in [0.29, 0.717) is 26.5 Å². The highest BCUT2D eigenvalue weighted by molar-refractivity contribution is 6.40. The molecule has 8 heteroatoms. The van der Waals surface area contributed by atoms with Crippen molar-refractivity contribution in [3.8, 4) is 5.75 Å². The molecule has 3 aromatic rings.